The Morgan fingerprint density at radius 1 is 0.885 bits per heavy atom. The first kappa shape index (κ1) is 17.9. The van der Waals surface area contributed by atoms with Gasteiger partial charge in [0.25, 0.3) is 0 Å². The van der Waals surface area contributed by atoms with Crippen LogP contribution in [0.4, 0.5) is 17.3 Å². The molecule has 26 heavy (non-hydrogen) atoms. The molecule has 0 saturated heterocycles. The lowest BCUT2D eigenvalue weighted by atomic mass is 10.1. The van der Waals surface area contributed by atoms with Crippen LogP contribution < -0.4 is 10.6 Å². The summed E-state index contributed by atoms with van der Waals surface area (Å²) >= 11 is 0. The third-order valence-electron chi connectivity index (χ3n) is 4.15. The largest absolute Gasteiger partial charge is 0.383 e. The highest BCUT2D eigenvalue weighted by atomic mass is 16.5. The zero-order chi connectivity index (χ0) is 18.4. The molecule has 3 aromatic rings. The zero-order valence-corrected chi connectivity index (χ0v) is 15.4. The van der Waals surface area contributed by atoms with E-state index in [1.54, 1.807) is 7.11 Å². The molecule has 1 aromatic heterocycles. The number of aromatic nitrogens is 2. The molecule has 2 aromatic carbocycles. The average Bonchev–Trinajstić information content (AvgIpc) is 2.66. The van der Waals surface area contributed by atoms with Gasteiger partial charge in [-0.25, -0.2) is 9.97 Å². The first-order chi connectivity index (χ1) is 12.7. The summed E-state index contributed by atoms with van der Waals surface area (Å²) in [5.41, 5.74) is 4.50. The number of hydrogen-bond acceptors (Lipinski definition) is 5. The van der Waals surface area contributed by atoms with E-state index in [2.05, 4.69) is 52.6 Å². The minimum Gasteiger partial charge on any atom is -0.383 e. The summed E-state index contributed by atoms with van der Waals surface area (Å²) in [6.45, 7) is 5.51. The Balaban J connectivity index is 1.91. The Morgan fingerprint density at radius 2 is 1.65 bits per heavy atom. The molecule has 5 nitrogen and oxygen atoms in total. The lowest BCUT2D eigenvalue weighted by molar-refractivity contribution is 0.210. The highest BCUT2D eigenvalue weighted by Gasteiger charge is 2.08. The van der Waals surface area contributed by atoms with Crippen LogP contribution in [0.2, 0.25) is 0 Å². The molecule has 0 amide bonds. The number of aryl methyl sites for hydroxylation is 2. The smallest absolute Gasteiger partial charge is 0.163 e. The molecule has 0 aliphatic heterocycles. The number of anilines is 3. The van der Waals surface area contributed by atoms with E-state index < -0.39 is 0 Å². The Kier molecular flexibility index (Phi) is 5.81. The number of ether oxygens (including phenoxy) is 1. The van der Waals surface area contributed by atoms with Crippen LogP contribution in [0.1, 0.15) is 11.1 Å². The number of methoxy groups -OCH3 is 1. The molecule has 2 N–H and O–H groups in total. The minimum absolute atomic E-state index is 0.616. The van der Waals surface area contributed by atoms with E-state index in [9.17, 15) is 0 Å². The summed E-state index contributed by atoms with van der Waals surface area (Å²) in [4.78, 5) is 9.32. The Bertz CT molecular complexity index is 865. The maximum absolute atomic E-state index is 5.11. The molecule has 0 radical (unpaired) electrons. The fraction of sp³-hybridized carbons (Fsp3) is 0.238. The maximum atomic E-state index is 5.11. The number of nitrogens with zero attached hydrogens (tertiary/aromatic N) is 2. The molecule has 0 aliphatic carbocycles. The Morgan fingerprint density at radius 3 is 2.38 bits per heavy atom. The van der Waals surface area contributed by atoms with Gasteiger partial charge >= 0.3 is 0 Å². The van der Waals surface area contributed by atoms with E-state index in [0.717, 1.165) is 22.9 Å². The molecule has 134 valence electrons. The van der Waals surface area contributed by atoms with Crippen LogP contribution in [0.3, 0.4) is 0 Å². The van der Waals surface area contributed by atoms with Gasteiger partial charge in [0.05, 0.1) is 6.61 Å². The molecule has 0 unspecified atom stereocenters. The number of hydrogen-bond donors (Lipinski definition) is 2. The molecule has 3 rings (SSSR count). The second kappa shape index (κ2) is 8.45. The van der Waals surface area contributed by atoms with Crippen molar-refractivity contribution in [3.05, 3.63) is 65.7 Å². The van der Waals surface area contributed by atoms with Gasteiger partial charge in [-0.2, -0.15) is 0 Å². The third-order valence-corrected chi connectivity index (χ3v) is 4.15. The minimum atomic E-state index is 0.616. The van der Waals surface area contributed by atoms with Crippen LogP contribution in [-0.2, 0) is 4.74 Å². The average molecular weight is 348 g/mol. The van der Waals surface area contributed by atoms with Crippen molar-refractivity contribution in [2.24, 2.45) is 0 Å². The maximum Gasteiger partial charge on any atom is 0.163 e. The van der Waals surface area contributed by atoms with Gasteiger partial charge in [-0.15, -0.1) is 0 Å². The molecule has 0 spiro atoms. The first-order valence-electron chi connectivity index (χ1n) is 8.67. The Hall–Kier alpha value is -2.92. The molecule has 1 heterocycles. The van der Waals surface area contributed by atoms with Crippen LogP contribution >= 0.6 is 0 Å². The lowest BCUT2D eigenvalue weighted by Crippen LogP contribution is -2.10. The van der Waals surface area contributed by atoms with Crippen molar-refractivity contribution >= 4 is 17.3 Å². The predicted octanol–water partition coefficient (Wildman–Crippen LogP) is 4.56. The van der Waals surface area contributed by atoms with Gasteiger partial charge in [-0.1, -0.05) is 36.4 Å². The van der Waals surface area contributed by atoms with E-state index >= 15 is 0 Å². The van der Waals surface area contributed by atoms with Gasteiger partial charge in [-0.05, 0) is 37.1 Å². The summed E-state index contributed by atoms with van der Waals surface area (Å²) in [6, 6.07) is 18.2. The standard InChI is InChI=1S/C21H24N4O/c1-15-9-10-18(13-16(15)2)23-20-14-19(22-11-12-26-3)24-21(25-20)17-7-5-4-6-8-17/h4-10,13-14H,11-12H2,1-3H3,(H2,22,23,24,25). The number of benzene rings is 2. The monoisotopic (exact) mass is 348 g/mol. The summed E-state index contributed by atoms with van der Waals surface area (Å²) in [6.07, 6.45) is 0. The molecular formula is C21H24N4O. The van der Waals surface area contributed by atoms with Crippen molar-refractivity contribution in [2.45, 2.75) is 13.8 Å². The third kappa shape index (κ3) is 4.58. The summed E-state index contributed by atoms with van der Waals surface area (Å²) < 4.78 is 5.11. The van der Waals surface area contributed by atoms with E-state index in [-0.39, 0.29) is 0 Å². The van der Waals surface area contributed by atoms with E-state index in [4.69, 9.17) is 4.74 Å². The van der Waals surface area contributed by atoms with Gasteiger partial charge in [0.2, 0.25) is 0 Å². The van der Waals surface area contributed by atoms with Gasteiger partial charge < -0.3 is 15.4 Å². The number of rotatable bonds is 7. The van der Waals surface area contributed by atoms with Crippen molar-refractivity contribution in [2.75, 3.05) is 30.9 Å². The van der Waals surface area contributed by atoms with Gasteiger partial charge in [0, 0.05) is 31.0 Å². The van der Waals surface area contributed by atoms with Crippen LogP contribution in [0.5, 0.6) is 0 Å². The molecule has 0 aliphatic rings. The number of nitrogens with one attached hydrogen (secondary N) is 2. The highest BCUT2D eigenvalue weighted by Crippen LogP contribution is 2.23. The van der Waals surface area contributed by atoms with Crippen LogP contribution in [0.15, 0.2) is 54.6 Å². The zero-order valence-electron chi connectivity index (χ0n) is 15.4. The summed E-state index contributed by atoms with van der Waals surface area (Å²) in [5, 5.41) is 6.68. The van der Waals surface area contributed by atoms with Crippen LogP contribution in [0.25, 0.3) is 11.4 Å². The fourth-order valence-electron chi connectivity index (χ4n) is 2.57. The van der Waals surface area contributed by atoms with Crippen molar-refractivity contribution in [1.82, 2.24) is 9.97 Å². The van der Waals surface area contributed by atoms with Gasteiger partial charge in [-0.3, -0.25) is 0 Å². The lowest BCUT2D eigenvalue weighted by Gasteiger charge is -2.12. The molecule has 0 atom stereocenters. The summed E-state index contributed by atoms with van der Waals surface area (Å²) in [5.74, 6) is 2.20. The van der Waals surface area contributed by atoms with Crippen molar-refractivity contribution in [3.63, 3.8) is 0 Å². The van der Waals surface area contributed by atoms with Crippen molar-refractivity contribution in [1.29, 1.82) is 0 Å². The second-order valence-electron chi connectivity index (χ2n) is 6.17. The topological polar surface area (TPSA) is 59.1 Å². The predicted molar refractivity (Wildman–Crippen MR) is 107 cm³/mol. The first-order valence-corrected chi connectivity index (χ1v) is 8.67. The van der Waals surface area contributed by atoms with E-state index in [1.165, 1.54) is 11.1 Å². The quantitative estimate of drug-likeness (QED) is 0.613. The van der Waals surface area contributed by atoms with Crippen LogP contribution in [0, 0.1) is 13.8 Å². The van der Waals surface area contributed by atoms with E-state index in [1.807, 2.05) is 36.4 Å². The van der Waals surface area contributed by atoms with Gasteiger partial charge in [0.1, 0.15) is 11.6 Å². The van der Waals surface area contributed by atoms with E-state index in [0.29, 0.717) is 19.0 Å². The second-order valence-corrected chi connectivity index (χ2v) is 6.17. The molecular weight excluding hydrogens is 324 g/mol. The fourth-order valence-corrected chi connectivity index (χ4v) is 2.57. The molecule has 0 fully saturated rings. The van der Waals surface area contributed by atoms with Gasteiger partial charge in [0.15, 0.2) is 5.82 Å². The molecule has 0 bridgehead atoms. The van der Waals surface area contributed by atoms with Crippen LogP contribution in [-0.4, -0.2) is 30.2 Å². The molecule has 5 heteroatoms. The summed E-state index contributed by atoms with van der Waals surface area (Å²) in [7, 11) is 1.68. The van der Waals surface area contributed by atoms with Crippen molar-refractivity contribution < 1.29 is 4.74 Å². The molecule has 0 saturated carbocycles. The normalized spacial score (nSPS) is 10.6. The van der Waals surface area contributed by atoms with Crippen molar-refractivity contribution in [3.8, 4) is 11.4 Å². The SMILES string of the molecule is COCCNc1cc(Nc2ccc(C)c(C)c2)nc(-c2ccccc2)n1. The Labute approximate surface area is 154 Å². The highest BCUT2D eigenvalue weighted by molar-refractivity contribution is 5.65.